The van der Waals surface area contributed by atoms with Gasteiger partial charge in [-0.25, -0.2) is 13.7 Å². The van der Waals surface area contributed by atoms with E-state index in [2.05, 4.69) is 0 Å². The van der Waals surface area contributed by atoms with Gasteiger partial charge in [0, 0.05) is 26.1 Å². The summed E-state index contributed by atoms with van der Waals surface area (Å²) in [6, 6.07) is 0. The molecule has 6 N–H and O–H groups in total. The fraction of sp³-hybridized carbons (Fsp3) is 1.00. The third-order valence-electron chi connectivity index (χ3n) is 5.56. The van der Waals surface area contributed by atoms with Crippen LogP contribution in [0.25, 0.3) is 0 Å². The minimum absolute atomic E-state index is 0.0231. The Morgan fingerprint density at radius 1 is 0.842 bits per heavy atom. The van der Waals surface area contributed by atoms with Crippen LogP contribution in [0.15, 0.2) is 0 Å². The van der Waals surface area contributed by atoms with Crippen molar-refractivity contribution in [3.63, 3.8) is 0 Å². The van der Waals surface area contributed by atoms with Gasteiger partial charge >= 0.3 is 23.5 Å². The number of rotatable bonds is 20. The Kier molecular flexibility index (Phi) is 15.0. The summed E-state index contributed by atoms with van der Waals surface area (Å²) in [7, 11) is -13.6. The molecule has 0 aromatic rings. The first-order valence-corrected chi connectivity index (χ1v) is 16.9. The molecule has 0 radical (unpaired) electrons. The number of ether oxygens (including phenoxy) is 2. The average Bonchev–Trinajstić information content (AvgIpc) is 3.46. The summed E-state index contributed by atoms with van der Waals surface area (Å²) < 4.78 is 77.0. The average molecular weight is 615 g/mol. The van der Waals surface area contributed by atoms with Crippen molar-refractivity contribution in [2.75, 3.05) is 46.2 Å². The summed E-state index contributed by atoms with van der Waals surface area (Å²) >= 11 is 0. The van der Waals surface area contributed by atoms with E-state index in [0.717, 1.165) is 19.3 Å². The molecule has 8 atom stereocenters. The summed E-state index contributed by atoms with van der Waals surface area (Å²) in [6.45, 7) is 0.805. The minimum atomic E-state index is -4.67. The van der Waals surface area contributed by atoms with Crippen molar-refractivity contribution in [1.82, 2.24) is 0 Å². The van der Waals surface area contributed by atoms with Gasteiger partial charge in [-0.15, -0.1) is 0 Å². The van der Waals surface area contributed by atoms with Gasteiger partial charge in [0.2, 0.25) is 0 Å². The van der Waals surface area contributed by atoms with E-state index < -0.39 is 73.8 Å². The third kappa shape index (κ3) is 13.2. The summed E-state index contributed by atoms with van der Waals surface area (Å²) in [6.07, 6.45) is -1.03. The molecule has 2 aliphatic heterocycles. The highest BCUT2D eigenvalue weighted by Gasteiger charge is 2.39. The fourth-order valence-electron chi connectivity index (χ4n) is 3.66. The minimum Gasteiger partial charge on any atom is -0.394 e. The summed E-state index contributed by atoms with van der Waals surface area (Å²) in [5, 5.41) is 9.20. The molecule has 2 saturated heterocycles. The molecule has 226 valence electrons. The number of hydrogen-bond acceptors (Lipinski definition) is 13. The van der Waals surface area contributed by atoms with Crippen molar-refractivity contribution < 1.29 is 70.1 Å². The topological polar surface area (TPSA) is 232 Å². The van der Waals surface area contributed by atoms with E-state index in [1.54, 1.807) is 0 Å². The Morgan fingerprint density at radius 2 is 1.45 bits per heavy atom. The van der Waals surface area contributed by atoms with Gasteiger partial charge < -0.3 is 35.0 Å². The molecular weight excluding hydrogens is 575 g/mol. The van der Waals surface area contributed by atoms with E-state index in [1.165, 1.54) is 6.92 Å². The van der Waals surface area contributed by atoms with Gasteiger partial charge in [-0.3, -0.25) is 27.1 Å². The number of aliphatic hydroxyl groups is 1. The number of unbranched alkanes of at least 4 members (excludes halogenated alkanes) is 3. The van der Waals surface area contributed by atoms with Crippen LogP contribution in [0.1, 0.15) is 45.4 Å². The molecule has 0 amide bonds. The van der Waals surface area contributed by atoms with Crippen LogP contribution in [0.4, 0.5) is 0 Å². The molecule has 2 fully saturated rings. The van der Waals surface area contributed by atoms with E-state index in [0.29, 0.717) is 13.0 Å². The molecule has 19 heteroatoms. The number of phosphoric ester groups is 3. The molecule has 2 aliphatic rings. The van der Waals surface area contributed by atoms with Gasteiger partial charge in [-0.05, 0) is 26.3 Å². The van der Waals surface area contributed by atoms with Crippen LogP contribution in [0.5, 0.6) is 0 Å². The maximum Gasteiger partial charge on any atom is 0.472 e. The van der Waals surface area contributed by atoms with Crippen molar-refractivity contribution in [2.45, 2.75) is 76.0 Å². The second-order valence-corrected chi connectivity index (χ2v) is 13.0. The number of hydrogen-bond donors (Lipinski definition) is 5. The van der Waals surface area contributed by atoms with Crippen LogP contribution < -0.4 is 5.73 Å². The summed E-state index contributed by atoms with van der Waals surface area (Å²) in [5.74, 6) is 0. The zero-order valence-electron chi connectivity index (χ0n) is 21.3. The normalized spacial score (nSPS) is 29.5. The Bertz CT molecular complexity index is 835. The predicted octanol–water partition coefficient (Wildman–Crippen LogP) is 1.60. The lowest BCUT2D eigenvalue weighted by atomic mass is 10.2. The first kappa shape index (κ1) is 34.4. The zero-order chi connectivity index (χ0) is 28.2. The molecule has 38 heavy (non-hydrogen) atoms. The highest BCUT2D eigenvalue weighted by molar-refractivity contribution is 7.48. The van der Waals surface area contributed by atoms with Crippen molar-refractivity contribution in [3.05, 3.63) is 0 Å². The van der Waals surface area contributed by atoms with Gasteiger partial charge in [0.1, 0.15) is 24.4 Å². The maximum atomic E-state index is 12.3. The summed E-state index contributed by atoms with van der Waals surface area (Å²) in [5.41, 5.74) is 5.41. The van der Waals surface area contributed by atoms with Crippen LogP contribution in [0.2, 0.25) is 0 Å². The molecule has 0 spiro atoms. The Hall–Kier alpha value is 0.170. The van der Waals surface area contributed by atoms with Crippen molar-refractivity contribution in [1.29, 1.82) is 0 Å². The number of aliphatic hydroxyl groups excluding tert-OH is 1. The van der Waals surface area contributed by atoms with Gasteiger partial charge in [-0.1, -0.05) is 12.8 Å². The van der Waals surface area contributed by atoms with Crippen LogP contribution >= 0.6 is 23.5 Å². The lowest BCUT2D eigenvalue weighted by molar-refractivity contribution is -0.0133. The highest BCUT2D eigenvalue weighted by Crippen LogP contribution is 2.50. The number of phosphoric acid groups is 3. The molecule has 5 unspecified atom stereocenters. The Labute approximate surface area is 221 Å². The quantitative estimate of drug-likeness (QED) is 0.0966. The first-order valence-electron chi connectivity index (χ1n) is 12.4. The van der Waals surface area contributed by atoms with E-state index in [1.807, 2.05) is 0 Å². The molecule has 0 bridgehead atoms. The largest absolute Gasteiger partial charge is 0.472 e. The Morgan fingerprint density at radius 3 is 2.11 bits per heavy atom. The lowest BCUT2D eigenvalue weighted by Gasteiger charge is -2.24. The van der Waals surface area contributed by atoms with Crippen LogP contribution in [-0.4, -0.2) is 96.5 Å². The zero-order valence-corrected chi connectivity index (χ0v) is 24.0. The molecule has 0 aromatic carbocycles. The van der Waals surface area contributed by atoms with E-state index >= 15 is 0 Å². The van der Waals surface area contributed by atoms with Gasteiger partial charge in [0.05, 0.1) is 32.5 Å². The SMILES string of the molecule is CC(COP(=O)(O)OC[C@H]1OCC[C@H]1OP(=O)(O)OCCCCCCN)OP(=O)(O)OC1CCO[C@@H]1CO. The van der Waals surface area contributed by atoms with Crippen LogP contribution in [0.3, 0.4) is 0 Å². The second kappa shape index (κ2) is 16.6. The van der Waals surface area contributed by atoms with Crippen LogP contribution in [-0.2, 0) is 50.3 Å². The standard InChI is InChI=1S/C19H40NO15P3/c1-15(33-38(26,27)35-16-6-10-28-18(16)12-21)13-31-36(22,23)32-14-19-17(7-11-29-19)34-37(24,25)30-9-5-3-2-4-8-20/h15-19,21H,2-14,20H2,1H3,(H,22,23)(H,24,25)(H,26,27)/t15?,16?,17-,18-,19-/m1/s1. The van der Waals surface area contributed by atoms with Crippen molar-refractivity contribution >= 4 is 23.5 Å². The smallest absolute Gasteiger partial charge is 0.394 e. The molecule has 0 aromatic heterocycles. The summed E-state index contributed by atoms with van der Waals surface area (Å²) in [4.78, 5) is 29.8. The molecular formula is C19H40NO15P3. The monoisotopic (exact) mass is 615 g/mol. The fourth-order valence-corrected chi connectivity index (χ4v) is 6.62. The Balaban J connectivity index is 1.72. The molecule has 0 aliphatic carbocycles. The van der Waals surface area contributed by atoms with E-state index in [9.17, 15) is 33.5 Å². The van der Waals surface area contributed by atoms with E-state index in [-0.39, 0.29) is 32.7 Å². The van der Waals surface area contributed by atoms with Gasteiger partial charge in [-0.2, -0.15) is 0 Å². The first-order chi connectivity index (χ1) is 17.9. The molecule has 2 heterocycles. The van der Waals surface area contributed by atoms with Gasteiger partial charge in [0.15, 0.2) is 0 Å². The van der Waals surface area contributed by atoms with E-state index in [4.69, 9.17) is 42.3 Å². The predicted molar refractivity (Wildman–Crippen MR) is 131 cm³/mol. The maximum absolute atomic E-state index is 12.3. The van der Waals surface area contributed by atoms with Crippen molar-refractivity contribution in [2.24, 2.45) is 5.73 Å². The van der Waals surface area contributed by atoms with Crippen LogP contribution in [0, 0.1) is 0 Å². The molecule has 0 saturated carbocycles. The van der Waals surface area contributed by atoms with Crippen molar-refractivity contribution in [3.8, 4) is 0 Å². The number of nitrogens with two attached hydrogens (primary N) is 1. The lowest BCUT2D eigenvalue weighted by Crippen LogP contribution is -2.29. The third-order valence-corrected chi connectivity index (χ3v) is 8.72. The molecule has 2 rings (SSSR count). The second-order valence-electron chi connectivity index (χ2n) is 8.82. The molecule has 16 nitrogen and oxygen atoms in total. The highest BCUT2D eigenvalue weighted by atomic mass is 31.2. The van der Waals surface area contributed by atoms with Gasteiger partial charge in [0.25, 0.3) is 0 Å².